The molecule has 4 rings (SSSR count). The molecule has 164 valence electrons. The minimum absolute atomic E-state index is 0.140. The summed E-state index contributed by atoms with van der Waals surface area (Å²) in [6.07, 6.45) is 7.31. The van der Waals surface area contributed by atoms with Crippen LogP contribution in [0.5, 0.6) is 5.75 Å². The van der Waals surface area contributed by atoms with Crippen molar-refractivity contribution in [3.8, 4) is 5.75 Å². The van der Waals surface area contributed by atoms with E-state index in [-0.39, 0.29) is 12.0 Å². The van der Waals surface area contributed by atoms with E-state index in [9.17, 15) is 4.79 Å². The zero-order valence-corrected chi connectivity index (χ0v) is 18.3. The summed E-state index contributed by atoms with van der Waals surface area (Å²) in [5.41, 5.74) is 2.97. The average Bonchev–Trinajstić information content (AvgIpc) is 3.50. The van der Waals surface area contributed by atoms with Gasteiger partial charge in [0.05, 0.1) is 19.4 Å². The van der Waals surface area contributed by atoms with Gasteiger partial charge in [-0.25, -0.2) is 0 Å². The molecule has 0 radical (unpaired) electrons. The lowest BCUT2D eigenvalue weighted by atomic mass is 10.0. The molecule has 0 unspecified atom stereocenters. The van der Waals surface area contributed by atoms with Gasteiger partial charge in [0.15, 0.2) is 6.10 Å². The van der Waals surface area contributed by atoms with E-state index in [4.69, 9.17) is 9.57 Å². The Morgan fingerprint density at radius 3 is 2.61 bits per heavy atom. The number of methoxy groups -OCH3 is 1. The van der Waals surface area contributed by atoms with Gasteiger partial charge < -0.3 is 14.5 Å². The molecule has 1 atom stereocenters. The van der Waals surface area contributed by atoms with Crippen LogP contribution in [0, 0.1) is 5.92 Å². The van der Waals surface area contributed by atoms with Gasteiger partial charge in [0, 0.05) is 24.9 Å². The number of ether oxygens (including phenoxy) is 1. The molecule has 1 saturated carbocycles. The Kier molecular flexibility index (Phi) is 7.23. The third-order valence-corrected chi connectivity index (χ3v) is 6.39. The molecule has 0 saturated heterocycles. The van der Waals surface area contributed by atoms with Crippen molar-refractivity contribution in [2.45, 2.75) is 57.6 Å². The Hall–Kier alpha value is -2.82. The highest BCUT2D eigenvalue weighted by Crippen LogP contribution is 2.29. The fourth-order valence-corrected chi connectivity index (χ4v) is 4.66. The Labute approximate surface area is 185 Å². The van der Waals surface area contributed by atoms with Crippen molar-refractivity contribution >= 4 is 11.6 Å². The summed E-state index contributed by atoms with van der Waals surface area (Å²) in [7, 11) is 1.66. The maximum absolute atomic E-state index is 13.2. The predicted molar refractivity (Wildman–Crippen MR) is 122 cm³/mol. The third-order valence-electron chi connectivity index (χ3n) is 6.39. The van der Waals surface area contributed by atoms with Gasteiger partial charge in [-0.2, -0.15) is 0 Å². The largest absolute Gasteiger partial charge is 0.496 e. The van der Waals surface area contributed by atoms with E-state index < -0.39 is 0 Å². The Balaban J connectivity index is 1.40. The van der Waals surface area contributed by atoms with Crippen LogP contribution in [0.4, 0.5) is 0 Å². The average molecular weight is 421 g/mol. The number of oxime groups is 1. The highest BCUT2D eigenvalue weighted by atomic mass is 16.6. The molecule has 0 N–H and O–H groups in total. The first-order valence-electron chi connectivity index (χ1n) is 11.4. The highest BCUT2D eigenvalue weighted by molar-refractivity contribution is 6.03. The van der Waals surface area contributed by atoms with Crippen LogP contribution in [0.2, 0.25) is 0 Å². The van der Waals surface area contributed by atoms with Crippen LogP contribution in [0.3, 0.4) is 0 Å². The molecular formula is C26H32N2O3. The van der Waals surface area contributed by atoms with Gasteiger partial charge in [0.1, 0.15) is 5.75 Å². The van der Waals surface area contributed by atoms with Gasteiger partial charge in [-0.1, -0.05) is 73.3 Å². The molecule has 0 spiro atoms. The first-order chi connectivity index (χ1) is 15.2. The van der Waals surface area contributed by atoms with E-state index in [1.165, 1.54) is 25.7 Å². The molecule has 1 amide bonds. The second kappa shape index (κ2) is 10.5. The lowest BCUT2D eigenvalue weighted by Crippen LogP contribution is -2.37. The third kappa shape index (κ3) is 5.66. The summed E-state index contributed by atoms with van der Waals surface area (Å²) in [5.74, 6) is 1.72. The molecule has 1 fully saturated rings. The summed E-state index contributed by atoms with van der Waals surface area (Å²) in [6, 6.07) is 18.0. The monoisotopic (exact) mass is 420 g/mol. The topological polar surface area (TPSA) is 51.1 Å². The molecule has 5 heteroatoms. The molecule has 1 heterocycles. The minimum atomic E-state index is -0.140. The van der Waals surface area contributed by atoms with Crippen molar-refractivity contribution in [3.05, 3.63) is 65.7 Å². The quantitative estimate of drug-likeness (QED) is 0.561. The number of hydrogen-bond acceptors (Lipinski definition) is 4. The molecular weight excluding hydrogens is 388 g/mol. The SMILES string of the molecule is COc1ccccc1C1=NO[C@H](CN(Cc2ccccc2)C(=O)CCC2CCCC2)C1. The number of hydrogen-bond donors (Lipinski definition) is 0. The van der Waals surface area contributed by atoms with Crippen LogP contribution in [0.15, 0.2) is 59.8 Å². The molecule has 5 nitrogen and oxygen atoms in total. The molecule has 0 aromatic heterocycles. The fraction of sp³-hybridized carbons (Fsp3) is 0.462. The van der Waals surface area contributed by atoms with E-state index >= 15 is 0 Å². The summed E-state index contributed by atoms with van der Waals surface area (Å²) < 4.78 is 5.47. The van der Waals surface area contributed by atoms with Gasteiger partial charge in [-0.3, -0.25) is 4.79 Å². The molecule has 2 aromatic rings. The van der Waals surface area contributed by atoms with Gasteiger partial charge in [-0.15, -0.1) is 0 Å². The number of para-hydroxylation sites is 1. The second-order valence-corrected chi connectivity index (χ2v) is 8.62. The predicted octanol–water partition coefficient (Wildman–Crippen LogP) is 5.19. The molecule has 1 aliphatic heterocycles. The maximum atomic E-state index is 13.2. The summed E-state index contributed by atoms with van der Waals surface area (Å²) in [4.78, 5) is 20.9. The number of carbonyl (C=O) groups excluding carboxylic acids is 1. The Morgan fingerprint density at radius 1 is 1.10 bits per heavy atom. The molecule has 31 heavy (non-hydrogen) atoms. The number of amides is 1. The molecule has 2 aromatic carbocycles. The number of carbonyl (C=O) groups is 1. The van der Waals surface area contributed by atoms with Gasteiger partial charge in [0.25, 0.3) is 0 Å². The normalized spacial score (nSPS) is 18.5. The fourth-order valence-electron chi connectivity index (χ4n) is 4.66. The molecule has 1 aliphatic carbocycles. The highest BCUT2D eigenvalue weighted by Gasteiger charge is 2.28. The van der Waals surface area contributed by atoms with Crippen molar-refractivity contribution in [2.24, 2.45) is 11.1 Å². The smallest absolute Gasteiger partial charge is 0.223 e. The van der Waals surface area contributed by atoms with Crippen molar-refractivity contribution in [2.75, 3.05) is 13.7 Å². The Bertz CT molecular complexity index is 891. The lowest BCUT2D eigenvalue weighted by Gasteiger charge is -2.25. The first kappa shape index (κ1) is 21.4. The molecule has 2 aliphatic rings. The van der Waals surface area contributed by atoms with Crippen LogP contribution in [-0.4, -0.2) is 36.3 Å². The van der Waals surface area contributed by atoms with Crippen molar-refractivity contribution in [1.29, 1.82) is 0 Å². The second-order valence-electron chi connectivity index (χ2n) is 8.62. The van der Waals surface area contributed by atoms with E-state index in [1.54, 1.807) is 7.11 Å². The van der Waals surface area contributed by atoms with E-state index in [0.29, 0.717) is 31.8 Å². The van der Waals surface area contributed by atoms with E-state index in [1.807, 2.05) is 47.4 Å². The van der Waals surface area contributed by atoms with Crippen LogP contribution >= 0.6 is 0 Å². The zero-order valence-electron chi connectivity index (χ0n) is 18.3. The maximum Gasteiger partial charge on any atom is 0.223 e. The van der Waals surface area contributed by atoms with Crippen LogP contribution < -0.4 is 4.74 Å². The summed E-state index contributed by atoms with van der Waals surface area (Å²) in [6.45, 7) is 1.15. The number of rotatable bonds is 9. The van der Waals surface area contributed by atoms with Gasteiger partial charge in [-0.05, 0) is 30.0 Å². The summed E-state index contributed by atoms with van der Waals surface area (Å²) in [5, 5.41) is 4.32. The van der Waals surface area contributed by atoms with Crippen molar-refractivity contribution < 1.29 is 14.4 Å². The van der Waals surface area contributed by atoms with Crippen LogP contribution in [-0.2, 0) is 16.2 Å². The van der Waals surface area contributed by atoms with E-state index in [0.717, 1.165) is 29.0 Å². The first-order valence-corrected chi connectivity index (χ1v) is 11.4. The number of nitrogens with zero attached hydrogens (tertiary/aromatic N) is 2. The van der Waals surface area contributed by atoms with Gasteiger partial charge >= 0.3 is 0 Å². The number of benzene rings is 2. The minimum Gasteiger partial charge on any atom is -0.496 e. The zero-order chi connectivity index (χ0) is 21.5. The van der Waals surface area contributed by atoms with Crippen LogP contribution in [0.25, 0.3) is 0 Å². The van der Waals surface area contributed by atoms with Crippen LogP contribution in [0.1, 0.15) is 56.1 Å². The standard InChI is InChI=1S/C26H32N2O3/c1-30-25-14-8-7-13-23(25)24-17-22(31-27-24)19-28(18-21-11-3-2-4-12-21)26(29)16-15-20-9-5-6-10-20/h2-4,7-8,11-14,20,22H,5-6,9-10,15-19H2,1H3/t22-/m0/s1. The summed E-state index contributed by atoms with van der Waals surface area (Å²) >= 11 is 0. The lowest BCUT2D eigenvalue weighted by molar-refractivity contribution is -0.134. The van der Waals surface area contributed by atoms with Crippen molar-refractivity contribution in [1.82, 2.24) is 4.90 Å². The van der Waals surface area contributed by atoms with Gasteiger partial charge in [0.2, 0.25) is 5.91 Å². The molecule has 0 bridgehead atoms. The van der Waals surface area contributed by atoms with E-state index in [2.05, 4.69) is 17.3 Å². The van der Waals surface area contributed by atoms with Crippen molar-refractivity contribution in [3.63, 3.8) is 0 Å². The Morgan fingerprint density at radius 2 is 1.84 bits per heavy atom.